The summed E-state index contributed by atoms with van der Waals surface area (Å²) in [6.07, 6.45) is 2.99. The maximum atomic E-state index is 14.9. The molecule has 1 N–H and O–H groups in total. The molecule has 4 heterocycles. The first-order chi connectivity index (χ1) is 18.3. The van der Waals surface area contributed by atoms with Crippen molar-refractivity contribution in [2.45, 2.75) is 38.8 Å². The number of piperazine rings is 1. The summed E-state index contributed by atoms with van der Waals surface area (Å²) in [5.74, 6) is 0.0538. The zero-order chi connectivity index (χ0) is 26.7. The molecule has 2 saturated heterocycles. The maximum Gasteiger partial charge on any atom is 0.319 e. The van der Waals surface area contributed by atoms with Crippen LogP contribution in [-0.2, 0) is 6.54 Å². The number of nitrogens with zero attached hydrogens (tertiary/aromatic N) is 6. The first-order valence-electron chi connectivity index (χ1n) is 13.4. The van der Waals surface area contributed by atoms with Gasteiger partial charge in [0, 0.05) is 64.5 Å². The number of piperidine rings is 1. The van der Waals surface area contributed by atoms with Crippen molar-refractivity contribution in [2.24, 2.45) is 5.92 Å². The second-order valence-corrected chi connectivity index (χ2v) is 11.3. The summed E-state index contributed by atoms with van der Waals surface area (Å²) < 4.78 is 21.0. The summed E-state index contributed by atoms with van der Waals surface area (Å²) in [5, 5.41) is 10.9. The van der Waals surface area contributed by atoms with Gasteiger partial charge in [-0.1, -0.05) is 48.9 Å². The van der Waals surface area contributed by atoms with Gasteiger partial charge in [0.1, 0.15) is 11.3 Å². The summed E-state index contributed by atoms with van der Waals surface area (Å²) in [6.45, 7) is 11.4. The van der Waals surface area contributed by atoms with E-state index in [1.807, 2.05) is 4.90 Å². The van der Waals surface area contributed by atoms with Crippen LogP contribution >= 0.6 is 11.6 Å². The molecule has 2 aliphatic rings. The normalized spacial score (nSPS) is 22.1. The van der Waals surface area contributed by atoms with Crippen LogP contribution in [0.4, 0.5) is 10.2 Å². The van der Waals surface area contributed by atoms with Crippen LogP contribution in [0, 0.1) is 11.7 Å². The third-order valence-electron chi connectivity index (χ3n) is 7.36. The molecular formula is C28H36ClFN6O2. The first-order valence-corrected chi connectivity index (χ1v) is 13.8. The first kappa shape index (κ1) is 27.0. The molecule has 0 aliphatic carbocycles. The highest BCUT2D eigenvalue weighted by molar-refractivity contribution is 6.30. The summed E-state index contributed by atoms with van der Waals surface area (Å²) in [7, 11) is 0. The van der Waals surface area contributed by atoms with Gasteiger partial charge in [0.05, 0.1) is 17.6 Å². The minimum absolute atomic E-state index is 0.0809. The number of rotatable bonds is 8. The van der Waals surface area contributed by atoms with E-state index in [4.69, 9.17) is 16.3 Å². The van der Waals surface area contributed by atoms with E-state index in [-0.39, 0.29) is 22.6 Å². The second-order valence-electron chi connectivity index (χ2n) is 11.0. The molecule has 2 aliphatic heterocycles. The van der Waals surface area contributed by atoms with Gasteiger partial charge in [-0.3, -0.25) is 4.90 Å². The van der Waals surface area contributed by atoms with Crippen molar-refractivity contribution in [3.63, 3.8) is 0 Å². The topological polar surface area (TPSA) is 77.8 Å². The quantitative estimate of drug-likeness (QED) is 0.428. The van der Waals surface area contributed by atoms with E-state index in [2.05, 4.69) is 62.0 Å². The van der Waals surface area contributed by atoms with E-state index >= 15 is 0 Å². The Morgan fingerprint density at radius 3 is 2.58 bits per heavy atom. The molecule has 0 amide bonds. The van der Waals surface area contributed by atoms with Gasteiger partial charge in [0.15, 0.2) is 11.0 Å². The number of halogens is 2. The summed E-state index contributed by atoms with van der Waals surface area (Å²) in [6, 6.07) is 10.7. The Kier molecular flexibility index (Phi) is 8.28. The molecule has 2 fully saturated rings. The molecule has 5 rings (SSSR count). The van der Waals surface area contributed by atoms with Crippen LogP contribution in [0.2, 0.25) is 5.15 Å². The number of anilines is 1. The lowest BCUT2D eigenvalue weighted by molar-refractivity contribution is 0.0447. The Morgan fingerprint density at radius 2 is 1.84 bits per heavy atom. The Balaban J connectivity index is 1.22. The van der Waals surface area contributed by atoms with E-state index in [0.717, 1.165) is 45.7 Å². The molecule has 0 saturated carbocycles. The van der Waals surface area contributed by atoms with Crippen molar-refractivity contribution in [1.82, 2.24) is 24.8 Å². The number of hydrogen-bond donors (Lipinski definition) is 1. The lowest BCUT2D eigenvalue weighted by Crippen LogP contribution is -2.47. The molecular weight excluding hydrogens is 507 g/mol. The van der Waals surface area contributed by atoms with Crippen LogP contribution in [0.1, 0.15) is 32.3 Å². The van der Waals surface area contributed by atoms with Crippen molar-refractivity contribution in [2.75, 3.05) is 57.3 Å². The number of benzene rings is 1. The third kappa shape index (κ3) is 6.51. The van der Waals surface area contributed by atoms with E-state index in [1.165, 1.54) is 11.8 Å². The lowest BCUT2D eigenvalue weighted by Gasteiger charge is -2.38. The zero-order valence-electron chi connectivity index (χ0n) is 22.1. The van der Waals surface area contributed by atoms with Gasteiger partial charge < -0.3 is 19.6 Å². The highest BCUT2D eigenvalue weighted by Gasteiger charge is 2.31. The van der Waals surface area contributed by atoms with Crippen molar-refractivity contribution < 1.29 is 14.2 Å². The molecule has 2 unspecified atom stereocenters. The Bertz CT molecular complexity index is 1240. The molecule has 0 bridgehead atoms. The van der Waals surface area contributed by atoms with Crippen LogP contribution in [0.15, 0.2) is 36.5 Å². The lowest BCUT2D eigenvalue weighted by atomic mass is 9.95. The largest absolute Gasteiger partial charge is 0.463 e. The van der Waals surface area contributed by atoms with E-state index in [0.29, 0.717) is 37.3 Å². The summed E-state index contributed by atoms with van der Waals surface area (Å²) in [4.78, 5) is 19.9. The number of aliphatic hydroxyl groups is 1. The monoisotopic (exact) mass is 542 g/mol. The zero-order valence-corrected chi connectivity index (χ0v) is 22.9. The Labute approximate surface area is 228 Å². The number of β-amino-alcohol motifs (C(OH)–C–C–N with tert-alkyl or cyclic N) is 1. The molecule has 2 aromatic heterocycles. The van der Waals surface area contributed by atoms with Gasteiger partial charge >= 0.3 is 6.01 Å². The summed E-state index contributed by atoms with van der Waals surface area (Å²) >= 11 is 5.97. The van der Waals surface area contributed by atoms with Crippen molar-refractivity contribution in [3.8, 4) is 6.01 Å². The molecule has 8 nitrogen and oxygen atoms in total. The molecule has 0 radical (unpaired) electrons. The van der Waals surface area contributed by atoms with Crippen LogP contribution in [0.25, 0.3) is 10.9 Å². The van der Waals surface area contributed by atoms with Crippen LogP contribution in [-0.4, -0.2) is 87.9 Å². The van der Waals surface area contributed by atoms with Crippen LogP contribution in [0.3, 0.4) is 0 Å². The summed E-state index contributed by atoms with van der Waals surface area (Å²) in [5.41, 5.74) is 0.575. The number of pyridine rings is 1. The molecule has 10 heteroatoms. The van der Waals surface area contributed by atoms with Crippen LogP contribution in [0.5, 0.6) is 6.01 Å². The number of ether oxygens (including phenoxy) is 1. The maximum absolute atomic E-state index is 14.9. The molecule has 38 heavy (non-hydrogen) atoms. The standard InChI is InChI=1S/C28H36ClFN6O2/c1-20(16-34-11-13-35(14-12-34)17-21-7-4-3-5-8-21)18-38-27-32-24-22(15-31-25(29)23(24)30)26(33-27)36-10-6-9-28(2,37)19-36/h3-5,7-8,15,20,37H,6,9-14,16-19H2,1-2H3. The number of aromatic nitrogens is 3. The van der Waals surface area contributed by atoms with Gasteiger partial charge in [0.2, 0.25) is 0 Å². The Hall–Kier alpha value is -2.59. The number of fused-ring (bicyclic) bond motifs is 1. The van der Waals surface area contributed by atoms with Crippen LogP contribution < -0.4 is 9.64 Å². The van der Waals surface area contributed by atoms with Gasteiger partial charge in [-0.15, -0.1) is 0 Å². The minimum atomic E-state index is -0.853. The predicted molar refractivity (Wildman–Crippen MR) is 147 cm³/mol. The van der Waals surface area contributed by atoms with E-state index in [1.54, 1.807) is 6.92 Å². The fraction of sp³-hybridized carbons (Fsp3) is 0.536. The molecule has 204 valence electrons. The highest BCUT2D eigenvalue weighted by Crippen LogP contribution is 2.33. The average Bonchev–Trinajstić information content (AvgIpc) is 2.90. The van der Waals surface area contributed by atoms with Crippen molar-refractivity contribution in [1.29, 1.82) is 0 Å². The van der Waals surface area contributed by atoms with Crippen molar-refractivity contribution in [3.05, 3.63) is 53.1 Å². The number of hydrogen-bond acceptors (Lipinski definition) is 8. The fourth-order valence-electron chi connectivity index (χ4n) is 5.39. The molecule has 2 atom stereocenters. The van der Waals surface area contributed by atoms with Gasteiger partial charge in [-0.05, 0) is 25.3 Å². The average molecular weight is 543 g/mol. The van der Waals surface area contributed by atoms with E-state index < -0.39 is 11.4 Å². The minimum Gasteiger partial charge on any atom is -0.463 e. The van der Waals surface area contributed by atoms with Crippen molar-refractivity contribution >= 4 is 28.3 Å². The van der Waals surface area contributed by atoms with Gasteiger partial charge in [0.25, 0.3) is 0 Å². The Morgan fingerprint density at radius 1 is 1.11 bits per heavy atom. The SMILES string of the molecule is CC(COc1nc(N2CCCC(C)(O)C2)c2cnc(Cl)c(F)c2n1)CN1CCN(Cc2ccccc2)CC1. The molecule has 3 aromatic rings. The highest BCUT2D eigenvalue weighted by atomic mass is 35.5. The molecule has 0 spiro atoms. The smallest absolute Gasteiger partial charge is 0.319 e. The fourth-order valence-corrected chi connectivity index (χ4v) is 5.53. The predicted octanol–water partition coefficient (Wildman–Crippen LogP) is 4.00. The van der Waals surface area contributed by atoms with Gasteiger partial charge in [-0.25, -0.2) is 9.37 Å². The van der Waals surface area contributed by atoms with E-state index in [9.17, 15) is 9.50 Å². The van der Waals surface area contributed by atoms with Gasteiger partial charge in [-0.2, -0.15) is 9.97 Å². The molecule has 1 aromatic carbocycles. The third-order valence-corrected chi connectivity index (χ3v) is 7.62. The second kappa shape index (κ2) is 11.7.